The first-order valence-corrected chi connectivity index (χ1v) is 5.86. The number of nitrogens with one attached hydrogen (secondary N) is 1. The van der Waals surface area contributed by atoms with Crippen LogP contribution in [0.5, 0.6) is 0 Å². The molecule has 0 fully saturated rings. The zero-order chi connectivity index (χ0) is 12.1. The molecule has 1 N–H and O–H groups in total. The Bertz CT molecular complexity index is 479. The van der Waals surface area contributed by atoms with E-state index in [1.165, 1.54) is 11.1 Å². The van der Waals surface area contributed by atoms with Crippen molar-refractivity contribution in [2.75, 3.05) is 0 Å². The number of benzene rings is 1. The molecule has 0 aliphatic heterocycles. The Morgan fingerprint density at radius 1 is 1.18 bits per heavy atom. The molecule has 0 atom stereocenters. The van der Waals surface area contributed by atoms with Crippen LogP contribution in [0.2, 0.25) is 0 Å². The van der Waals surface area contributed by atoms with E-state index in [0.717, 1.165) is 13.0 Å². The standard InChI is InChI=1S/C13H17N3O/c1-3-11-6-4-5-7-12(11)8-14-9-13-15-10(2)17-16-13/h4-7,14H,3,8-9H2,1-2H3. The van der Waals surface area contributed by atoms with Gasteiger partial charge in [-0.15, -0.1) is 0 Å². The summed E-state index contributed by atoms with van der Waals surface area (Å²) >= 11 is 0. The van der Waals surface area contributed by atoms with E-state index in [9.17, 15) is 0 Å². The molecule has 17 heavy (non-hydrogen) atoms. The highest BCUT2D eigenvalue weighted by molar-refractivity contribution is 5.26. The first kappa shape index (κ1) is 11.8. The first-order chi connectivity index (χ1) is 8.29. The second kappa shape index (κ2) is 5.59. The fraction of sp³-hybridized carbons (Fsp3) is 0.385. The number of hydrogen-bond acceptors (Lipinski definition) is 4. The number of aromatic nitrogens is 2. The molecule has 4 nitrogen and oxygen atoms in total. The van der Waals surface area contributed by atoms with Crippen molar-refractivity contribution in [3.05, 3.63) is 47.1 Å². The molecule has 0 saturated carbocycles. The fourth-order valence-corrected chi connectivity index (χ4v) is 1.80. The molecule has 0 bridgehead atoms. The van der Waals surface area contributed by atoms with Gasteiger partial charge in [0.25, 0.3) is 0 Å². The zero-order valence-electron chi connectivity index (χ0n) is 10.2. The van der Waals surface area contributed by atoms with Crippen molar-refractivity contribution in [2.24, 2.45) is 0 Å². The highest BCUT2D eigenvalue weighted by atomic mass is 16.5. The van der Waals surface area contributed by atoms with Gasteiger partial charge in [-0.2, -0.15) is 4.98 Å². The van der Waals surface area contributed by atoms with Crippen LogP contribution in [-0.2, 0) is 19.5 Å². The largest absolute Gasteiger partial charge is 0.340 e. The predicted octanol–water partition coefficient (Wildman–Crippen LogP) is 2.23. The van der Waals surface area contributed by atoms with E-state index in [-0.39, 0.29) is 0 Å². The summed E-state index contributed by atoms with van der Waals surface area (Å²) in [5, 5.41) is 7.16. The Labute approximate surface area is 101 Å². The Hall–Kier alpha value is -1.68. The Balaban J connectivity index is 1.89. The molecule has 90 valence electrons. The molecule has 1 aromatic carbocycles. The van der Waals surface area contributed by atoms with E-state index in [0.29, 0.717) is 18.3 Å². The number of rotatable bonds is 5. The topological polar surface area (TPSA) is 51.0 Å². The van der Waals surface area contributed by atoms with Crippen LogP contribution in [-0.4, -0.2) is 10.1 Å². The molecule has 4 heteroatoms. The van der Waals surface area contributed by atoms with Gasteiger partial charge in [-0.3, -0.25) is 0 Å². The second-order valence-corrected chi connectivity index (χ2v) is 3.96. The maximum absolute atomic E-state index is 4.91. The molecule has 2 aromatic rings. The van der Waals surface area contributed by atoms with Gasteiger partial charge in [0.2, 0.25) is 5.89 Å². The molecule has 2 rings (SSSR count). The lowest BCUT2D eigenvalue weighted by molar-refractivity contribution is 0.385. The second-order valence-electron chi connectivity index (χ2n) is 3.96. The van der Waals surface area contributed by atoms with Gasteiger partial charge in [0, 0.05) is 13.5 Å². The molecule has 0 spiro atoms. The normalized spacial score (nSPS) is 10.7. The van der Waals surface area contributed by atoms with Crippen LogP contribution in [0.15, 0.2) is 28.8 Å². The minimum absolute atomic E-state index is 0.607. The maximum atomic E-state index is 4.91. The average molecular weight is 231 g/mol. The van der Waals surface area contributed by atoms with Gasteiger partial charge in [0.1, 0.15) is 0 Å². The highest BCUT2D eigenvalue weighted by Gasteiger charge is 2.02. The van der Waals surface area contributed by atoms with Crippen molar-refractivity contribution in [1.29, 1.82) is 0 Å². The maximum Gasteiger partial charge on any atom is 0.223 e. The van der Waals surface area contributed by atoms with Gasteiger partial charge in [-0.1, -0.05) is 36.3 Å². The Morgan fingerprint density at radius 2 is 1.94 bits per heavy atom. The van der Waals surface area contributed by atoms with Crippen molar-refractivity contribution in [2.45, 2.75) is 33.4 Å². The minimum Gasteiger partial charge on any atom is -0.340 e. The smallest absolute Gasteiger partial charge is 0.223 e. The van der Waals surface area contributed by atoms with Crippen LogP contribution < -0.4 is 5.32 Å². The first-order valence-electron chi connectivity index (χ1n) is 5.86. The number of hydrogen-bond donors (Lipinski definition) is 1. The van der Waals surface area contributed by atoms with Gasteiger partial charge in [-0.05, 0) is 17.5 Å². The van der Waals surface area contributed by atoms with Crippen molar-refractivity contribution in [3.63, 3.8) is 0 Å². The van der Waals surface area contributed by atoms with Gasteiger partial charge >= 0.3 is 0 Å². The van der Waals surface area contributed by atoms with Crippen molar-refractivity contribution < 1.29 is 4.52 Å². The van der Waals surface area contributed by atoms with Crippen molar-refractivity contribution in [1.82, 2.24) is 15.5 Å². The molecule has 1 heterocycles. The molecule has 0 amide bonds. The minimum atomic E-state index is 0.607. The fourth-order valence-electron chi connectivity index (χ4n) is 1.80. The predicted molar refractivity (Wildman–Crippen MR) is 65.4 cm³/mol. The molecular formula is C13H17N3O. The quantitative estimate of drug-likeness (QED) is 0.857. The van der Waals surface area contributed by atoms with Crippen LogP contribution in [0, 0.1) is 6.92 Å². The van der Waals surface area contributed by atoms with E-state index in [1.807, 2.05) is 0 Å². The van der Waals surface area contributed by atoms with Crippen LogP contribution >= 0.6 is 0 Å². The molecule has 1 aromatic heterocycles. The lowest BCUT2D eigenvalue weighted by Gasteiger charge is -2.07. The molecule has 0 unspecified atom stereocenters. The summed E-state index contributed by atoms with van der Waals surface area (Å²) in [7, 11) is 0. The third-order valence-electron chi connectivity index (χ3n) is 2.67. The average Bonchev–Trinajstić information content (AvgIpc) is 2.76. The molecule has 0 aliphatic rings. The van der Waals surface area contributed by atoms with E-state index in [1.54, 1.807) is 6.92 Å². The molecule has 0 radical (unpaired) electrons. The van der Waals surface area contributed by atoms with Crippen LogP contribution in [0.1, 0.15) is 29.8 Å². The van der Waals surface area contributed by atoms with Crippen LogP contribution in [0.4, 0.5) is 0 Å². The summed E-state index contributed by atoms with van der Waals surface area (Å²) in [6.45, 7) is 5.43. The monoisotopic (exact) mass is 231 g/mol. The van der Waals surface area contributed by atoms with Gasteiger partial charge in [0.05, 0.1) is 6.54 Å². The number of nitrogens with zero attached hydrogens (tertiary/aromatic N) is 2. The molecule has 0 saturated heterocycles. The van der Waals surface area contributed by atoms with Gasteiger partial charge in [0.15, 0.2) is 5.82 Å². The number of aryl methyl sites for hydroxylation is 2. The molecule has 0 aliphatic carbocycles. The zero-order valence-corrected chi connectivity index (χ0v) is 10.2. The lowest BCUT2D eigenvalue weighted by Crippen LogP contribution is -2.14. The van der Waals surface area contributed by atoms with E-state index >= 15 is 0 Å². The van der Waals surface area contributed by atoms with Crippen LogP contribution in [0.25, 0.3) is 0 Å². The summed E-state index contributed by atoms with van der Waals surface area (Å²) in [4.78, 5) is 4.14. The molecular weight excluding hydrogens is 214 g/mol. The lowest BCUT2D eigenvalue weighted by atomic mass is 10.1. The van der Waals surface area contributed by atoms with Crippen molar-refractivity contribution >= 4 is 0 Å². The highest BCUT2D eigenvalue weighted by Crippen LogP contribution is 2.09. The summed E-state index contributed by atoms with van der Waals surface area (Å²) in [5.41, 5.74) is 2.71. The third kappa shape index (κ3) is 3.14. The van der Waals surface area contributed by atoms with Crippen molar-refractivity contribution in [3.8, 4) is 0 Å². The van der Waals surface area contributed by atoms with Gasteiger partial charge in [-0.25, -0.2) is 0 Å². The summed E-state index contributed by atoms with van der Waals surface area (Å²) in [6.07, 6.45) is 1.05. The summed E-state index contributed by atoms with van der Waals surface area (Å²) < 4.78 is 4.91. The summed E-state index contributed by atoms with van der Waals surface area (Å²) in [6, 6.07) is 8.45. The van der Waals surface area contributed by atoms with Gasteiger partial charge < -0.3 is 9.84 Å². The Morgan fingerprint density at radius 3 is 2.59 bits per heavy atom. The van der Waals surface area contributed by atoms with E-state index < -0.39 is 0 Å². The van der Waals surface area contributed by atoms with E-state index in [2.05, 4.69) is 46.6 Å². The Kier molecular flexibility index (Phi) is 3.88. The summed E-state index contributed by atoms with van der Waals surface area (Å²) in [5.74, 6) is 1.31. The third-order valence-corrected chi connectivity index (χ3v) is 2.67. The van der Waals surface area contributed by atoms with E-state index in [4.69, 9.17) is 4.52 Å². The SMILES string of the molecule is CCc1ccccc1CNCc1noc(C)n1. The van der Waals surface area contributed by atoms with Crippen LogP contribution in [0.3, 0.4) is 0 Å².